The molecule has 0 atom stereocenters. The third kappa shape index (κ3) is 4.81. The van der Waals surface area contributed by atoms with Crippen LogP contribution in [-0.2, 0) is 4.74 Å². The van der Waals surface area contributed by atoms with Crippen molar-refractivity contribution < 1.29 is 9.84 Å². The topological polar surface area (TPSA) is 32.7 Å². The van der Waals surface area contributed by atoms with E-state index in [-0.39, 0.29) is 6.10 Å². The van der Waals surface area contributed by atoms with E-state index in [1.165, 1.54) is 0 Å². The van der Waals surface area contributed by atoms with Crippen LogP contribution in [0.2, 0.25) is 0 Å². The van der Waals surface area contributed by atoms with Gasteiger partial charge in [-0.15, -0.1) is 0 Å². The van der Waals surface area contributed by atoms with E-state index in [2.05, 4.69) is 18.7 Å². The van der Waals surface area contributed by atoms with Gasteiger partial charge in [0.05, 0.1) is 18.3 Å². The van der Waals surface area contributed by atoms with E-state index < -0.39 is 5.60 Å². The van der Waals surface area contributed by atoms with Gasteiger partial charge in [-0.2, -0.15) is 0 Å². The van der Waals surface area contributed by atoms with Crippen molar-refractivity contribution in [1.82, 2.24) is 4.90 Å². The Morgan fingerprint density at radius 1 is 1.19 bits per heavy atom. The normalized spacial score (nSPS) is 21.9. The van der Waals surface area contributed by atoms with Gasteiger partial charge in [-0.3, -0.25) is 0 Å². The first-order valence-electron chi connectivity index (χ1n) is 6.47. The van der Waals surface area contributed by atoms with Crippen LogP contribution in [0.4, 0.5) is 0 Å². The number of hydrogen-bond acceptors (Lipinski definition) is 3. The van der Waals surface area contributed by atoms with Crippen LogP contribution in [0, 0.1) is 5.92 Å². The summed E-state index contributed by atoms with van der Waals surface area (Å²) in [5, 5.41) is 10.3. The van der Waals surface area contributed by atoms with Crippen molar-refractivity contribution in [1.29, 1.82) is 0 Å². The minimum absolute atomic E-state index is 0.206. The molecule has 0 spiro atoms. The Kier molecular flexibility index (Phi) is 5.22. The number of rotatable bonds is 5. The van der Waals surface area contributed by atoms with Crippen LogP contribution in [-0.4, -0.2) is 48.0 Å². The van der Waals surface area contributed by atoms with Gasteiger partial charge in [0.15, 0.2) is 0 Å². The summed E-state index contributed by atoms with van der Waals surface area (Å²) in [7, 11) is 0. The number of piperidine rings is 1. The van der Waals surface area contributed by atoms with Crippen LogP contribution in [0.1, 0.15) is 40.5 Å². The number of likely N-dealkylation sites (tertiary alicyclic amines) is 1. The standard InChI is InChI=1S/C13H27NO2/c1-11(2)9-14-7-5-13(15,6-8-14)10-16-12(3)4/h11-12,15H,5-10H2,1-4H3. The average Bonchev–Trinajstić information content (AvgIpc) is 2.19. The van der Waals surface area contributed by atoms with Crippen molar-refractivity contribution in [2.75, 3.05) is 26.2 Å². The zero-order valence-electron chi connectivity index (χ0n) is 11.2. The van der Waals surface area contributed by atoms with E-state index in [9.17, 15) is 5.11 Å². The van der Waals surface area contributed by atoms with Gasteiger partial charge in [0.25, 0.3) is 0 Å². The number of ether oxygens (including phenoxy) is 1. The molecular formula is C13H27NO2. The lowest BCUT2D eigenvalue weighted by Crippen LogP contribution is -2.48. The number of aliphatic hydroxyl groups is 1. The lowest BCUT2D eigenvalue weighted by atomic mass is 9.92. The molecule has 1 N–H and O–H groups in total. The second kappa shape index (κ2) is 5.99. The first-order valence-corrected chi connectivity index (χ1v) is 6.47. The molecule has 0 radical (unpaired) electrons. The second-order valence-corrected chi connectivity index (χ2v) is 5.78. The van der Waals surface area contributed by atoms with E-state index in [0.717, 1.165) is 32.5 Å². The highest BCUT2D eigenvalue weighted by Gasteiger charge is 2.32. The molecule has 0 bridgehead atoms. The van der Waals surface area contributed by atoms with Crippen molar-refractivity contribution in [2.24, 2.45) is 5.92 Å². The molecule has 1 aliphatic heterocycles. The van der Waals surface area contributed by atoms with Crippen LogP contribution in [0.5, 0.6) is 0 Å². The molecule has 1 heterocycles. The predicted molar refractivity (Wildman–Crippen MR) is 66.5 cm³/mol. The second-order valence-electron chi connectivity index (χ2n) is 5.78. The summed E-state index contributed by atoms with van der Waals surface area (Å²) in [6.45, 7) is 12.1. The summed E-state index contributed by atoms with van der Waals surface area (Å²) in [6, 6.07) is 0. The van der Waals surface area contributed by atoms with Gasteiger partial charge in [0.2, 0.25) is 0 Å². The number of nitrogens with zero attached hydrogens (tertiary/aromatic N) is 1. The smallest absolute Gasteiger partial charge is 0.0904 e. The van der Waals surface area contributed by atoms with Crippen molar-refractivity contribution in [3.63, 3.8) is 0 Å². The summed E-state index contributed by atoms with van der Waals surface area (Å²) in [6.07, 6.45) is 1.89. The predicted octanol–water partition coefficient (Wildman–Crippen LogP) is 1.89. The fraction of sp³-hybridized carbons (Fsp3) is 1.00. The third-order valence-corrected chi connectivity index (χ3v) is 3.10. The largest absolute Gasteiger partial charge is 0.387 e. The first-order chi connectivity index (χ1) is 7.41. The number of hydrogen-bond donors (Lipinski definition) is 1. The molecule has 0 aromatic rings. The summed E-state index contributed by atoms with van der Waals surface area (Å²) in [5.74, 6) is 0.707. The zero-order valence-corrected chi connectivity index (χ0v) is 11.2. The summed E-state index contributed by atoms with van der Waals surface area (Å²) >= 11 is 0. The Morgan fingerprint density at radius 3 is 2.19 bits per heavy atom. The molecule has 16 heavy (non-hydrogen) atoms. The molecule has 0 amide bonds. The van der Waals surface area contributed by atoms with Gasteiger partial charge in [-0.1, -0.05) is 13.8 Å². The van der Waals surface area contributed by atoms with Gasteiger partial charge < -0.3 is 14.7 Å². The molecule has 96 valence electrons. The monoisotopic (exact) mass is 229 g/mol. The minimum Gasteiger partial charge on any atom is -0.387 e. The zero-order chi connectivity index (χ0) is 12.2. The van der Waals surface area contributed by atoms with E-state index in [0.29, 0.717) is 12.5 Å². The molecular weight excluding hydrogens is 202 g/mol. The third-order valence-electron chi connectivity index (χ3n) is 3.10. The van der Waals surface area contributed by atoms with Crippen molar-refractivity contribution in [3.8, 4) is 0 Å². The van der Waals surface area contributed by atoms with Gasteiger partial charge in [-0.25, -0.2) is 0 Å². The van der Waals surface area contributed by atoms with E-state index >= 15 is 0 Å². The molecule has 1 fully saturated rings. The Morgan fingerprint density at radius 2 is 1.75 bits per heavy atom. The molecule has 0 aromatic carbocycles. The molecule has 1 aliphatic rings. The quantitative estimate of drug-likeness (QED) is 0.781. The highest BCUT2D eigenvalue weighted by molar-refractivity contribution is 4.86. The molecule has 3 heteroatoms. The fourth-order valence-corrected chi connectivity index (χ4v) is 2.13. The van der Waals surface area contributed by atoms with Gasteiger partial charge in [-0.05, 0) is 32.6 Å². The summed E-state index contributed by atoms with van der Waals surface area (Å²) in [5.41, 5.74) is -0.586. The lowest BCUT2D eigenvalue weighted by molar-refractivity contribution is -0.0952. The van der Waals surface area contributed by atoms with Crippen molar-refractivity contribution in [2.45, 2.75) is 52.2 Å². The summed E-state index contributed by atoms with van der Waals surface area (Å²) in [4.78, 5) is 2.44. The van der Waals surface area contributed by atoms with Crippen LogP contribution >= 0.6 is 0 Å². The van der Waals surface area contributed by atoms with Crippen LogP contribution in [0.25, 0.3) is 0 Å². The van der Waals surface area contributed by atoms with Crippen LogP contribution < -0.4 is 0 Å². The molecule has 0 unspecified atom stereocenters. The lowest BCUT2D eigenvalue weighted by Gasteiger charge is -2.38. The van der Waals surface area contributed by atoms with Crippen molar-refractivity contribution in [3.05, 3.63) is 0 Å². The molecule has 0 aromatic heterocycles. The van der Waals surface area contributed by atoms with Gasteiger partial charge >= 0.3 is 0 Å². The van der Waals surface area contributed by atoms with E-state index in [1.807, 2.05) is 13.8 Å². The highest BCUT2D eigenvalue weighted by Crippen LogP contribution is 2.23. The van der Waals surface area contributed by atoms with E-state index in [4.69, 9.17) is 4.74 Å². The maximum Gasteiger partial charge on any atom is 0.0904 e. The maximum atomic E-state index is 10.3. The van der Waals surface area contributed by atoms with Gasteiger partial charge in [0, 0.05) is 19.6 Å². The Labute approximate surface area is 99.8 Å². The molecule has 3 nitrogen and oxygen atoms in total. The highest BCUT2D eigenvalue weighted by atomic mass is 16.5. The van der Waals surface area contributed by atoms with Crippen molar-refractivity contribution >= 4 is 0 Å². The fourth-order valence-electron chi connectivity index (χ4n) is 2.13. The summed E-state index contributed by atoms with van der Waals surface area (Å²) < 4.78 is 5.53. The first kappa shape index (κ1) is 13.9. The SMILES string of the molecule is CC(C)CN1CCC(O)(COC(C)C)CC1. The maximum absolute atomic E-state index is 10.3. The molecule has 1 saturated heterocycles. The molecule has 0 saturated carbocycles. The minimum atomic E-state index is -0.586. The van der Waals surface area contributed by atoms with Crippen LogP contribution in [0.3, 0.4) is 0 Å². The Bertz CT molecular complexity index is 196. The Balaban J connectivity index is 2.29. The van der Waals surface area contributed by atoms with Gasteiger partial charge in [0.1, 0.15) is 0 Å². The molecule has 1 rings (SSSR count). The van der Waals surface area contributed by atoms with E-state index in [1.54, 1.807) is 0 Å². The average molecular weight is 229 g/mol. The van der Waals surface area contributed by atoms with Crippen LogP contribution in [0.15, 0.2) is 0 Å². The Hall–Kier alpha value is -0.120. The molecule has 0 aliphatic carbocycles.